The summed E-state index contributed by atoms with van der Waals surface area (Å²) in [4.78, 5) is 14.9. The van der Waals surface area contributed by atoms with Crippen LogP contribution in [0.25, 0.3) is 11.2 Å². The zero-order valence-corrected chi connectivity index (χ0v) is 9.51. The topological polar surface area (TPSA) is 54.5 Å². The molecule has 2 aromatic rings. The van der Waals surface area contributed by atoms with Crippen LogP contribution in [-0.2, 0) is 0 Å². The van der Waals surface area contributed by atoms with Crippen LogP contribution in [0.4, 0.5) is 8.78 Å². The highest BCUT2D eigenvalue weighted by molar-refractivity contribution is 6.33. The second kappa shape index (κ2) is 3.60. The van der Waals surface area contributed by atoms with E-state index in [1.54, 1.807) is 0 Å². The van der Waals surface area contributed by atoms with Crippen molar-refractivity contribution in [1.29, 1.82) is 0 Å². The first-order valence-corrected chi connectivity index (χ1v) is 5.67. The van der Waals surface area contributed by atoms with E-state index < -0.39 is 5.92 Å². The number of halogens is 3. The van der Waals surface area contributed by atoms with E-state index in [1.165, 1.54) is 6.33 Å². The monoisotopic (exact) mass is 258 g/mol. The third-order valence-electron chi connectivity index (χ3n) is 3.05. The lowest BCUT2D eigenvalue weighted by molar-refractivity contribution is 0.00756. The summed E-state index contributed by atoms with van der Waals surface area (Å²) in [6.45, 7) is 0. The Kier molecular flexibility index (Phi) is 2.29. The Morgan fingerprint density at radius 1 is 1.41 bits per heavy atom. The number of fused-ring (bicyclic) bond motifs is 1. The van der Waals surface area contributed by atoms with Gasteiger partial charge in [0.1, 0.15) is 17.7 Å². The molecule has 0 aliphatic heterocycles. The first-order valence-electron chi connectivity index (χ1n) is 5.29. The molecule has 1 fully saturated rings. The lowest BCUT2D eigenvalue weighted by Gasteiger charge is -2.07. The lowest BCUT2D eigenvalue weighted by Crippen LogP contribution is -2.09. The van der Waals surface area contributed by atoms with Gasteiger partial charge in [-0.1, -0.05) is 11.6 Å². The van der Waals surface area contributed by atoms with Crippen LogP contribution in [0.5, 0.6) is 0 Å². The van der Waals surface area contributed by atoms with E-state index in [0.717, 1.165) is 0 Å². The van der Waals surface area contributed by atoms with Gasteiger partial charge in [0, 0.05) is 18.8 Å². The van der Waals surface area contributed by atoms with E-state index >= 15 is 0 Å². The number of aromatic nitrogens is 4. The van der Waals surface area contributed by atoms with E-state index in [4.69, 9.17) is 11.6 Å². The van der Waals surface area contributed by atoms with Gasteiger partial charge in [-0.15, -0.1) is 0 Å². The normalized spacial score (nSPS) is 23.4. The van der Waals surface area contributed by atoms with Gasteiger partial charge in [-0.3, -0.25) is 0 Å². The number of nitrogens with zero attached hydrogens (tertiary/aromatic N) is 3. The average molecular weight is 259 g/mol. The summed E-state index contributed by atoms with van der Waals surface area (Å²) in [5.74, 6) is -2.31. The van der Waals surface area contributed by atoms with Gasteiger partial charge >= 0.3 is 0 Å². The Bertz CT molecular complexity index is 568. The zero-order valence-electron chi connectivity index (χ0n) is 8.75. The molecule has 1 aliphatic rings. The number of hydrogen-bond donors (Lipinski definition) is 1. The fourth-order valence-electron chi connectivity index (χ4n) is 2.19. The van der Waals surface area contributed by atoms with Crippen molar-refractivity contribution in [3.63, 3.8) is 0 Å². The Balaban J connectivity index is 1.99. The van der Waals surface area contributed by atoms with E-state index in [9.17, 15) is 8.78 Å². The molecule has 1 atom stereocenters. The highest BCUT2D eigenvalue weighted by Gasteiger charge is 2.41. The van der Waals surface area contributed by atoms with Crippen molar-refractivity contribution in [2.75, 3.05) is 0 Å². The van der Waals surface area contributed by atoms with Crippen molar-refractivity contribution in [2.24, 2.45) is 0 Å². The predicted octanol–water partition coefficient (Wildman–Crippen LogP) is 2.91. The molecule has 0 saturated heterocycles. The summed E-state index contributed by atoms with van der Waals surface area (Å²) in [6, 6.07) is 0. The standard InChI is InChI=1S/C10H9ClF2N4/c11-7-6-9(15-4-14-7)17-8(16-6)5-1-2-10(12,13)3-5/h4-5H,1-3H2,(H,14,15,16,17). The van der Waals surface area contributed by atoms with Gasteiger partial charge in [0.2, 0.25) is 5.92 Å². The molecule has 0 bridgehead atoms. The molecule has 7 heteroatoms. The first-order chi connectivity index (χ1) is 8.05. The van der Waals surface area contributed by atoms with Gasteiger partial charge in [-0.05, 0) is 6.42 Å². The first kappa shape index (κ1) is 10.8. The maximum atomic E-state index is 13.1. The highest BCUT2D eigenvalue weighted by atomic mass is 35.5. The minimum Gasteiger partial charge on any atom is -0.338 e. The summed E-state index contributed by atoms with van der Waals surface area (Å²) in [7, 11) is 0. The number of aromatic amines is 1. The molecule has 4 nitrogen and oxygen atoms in total. The summed E-state index contributed by atoms with van der Waals surface area (Å²) in [5.41, 5.74) is 0.939. The maximum absolute atomic E-state index is 13.1. The molecule has 2 aromatic heterocycles. The Hall–Kier alpha value is -1.30. The van der Waals surface area contributed by atoms with Gasteiger partial charge in [0.25, 0.3) is 0 Å². The molecule has 90 valence electrons. The molecular weight excluding hydrogens is 250 g/mol. The SMILES string of the molecule is FC1(F)CCC(c2nc3ncnc(Cl)c3[nH]2)C1. The quantitative estimate of drug-likeness (QED) is 0.800. The van der Waals surface area contributed by atoms with Crippen LogP contribution < -0.4 is 0 Å². The van der Waals surface area contributed by atoms with Crippen LogP contribution in [-0.4, -0.2) is 25.9 Å². The number of H-pyrrole nitrogens is 1. The molecule has 0 amide bonds. The van der Waals surface area contributed by atoms with Crippen molar-refractivity contribution >= 4 is 22.8 Å². The Labute approximate surface area is 100 Å². The molecule has 0 spiro atoms. The Morgan fingerprint density at radius 2 is 2.24 bits per heavy atom. The molecule has 3 rings (SSSR count). The molecule has 1 saturated carbocycles. The predicted molar refractivity (Wildman–Crippen MR) is 58.2 cm³/mol. The second-order valence-corrected chi connectivity index (χ2v) is 4.64. The number of nitrogens with one attached hydrogen (secondary N) is 1. The van der Waals surface area contributed by atoms with Crippen LogP contribution in [0, 0.1) is 0 Å². The number of alkyl halides is 2. The third-order valence-corrected chi connectivity index (χ3v) is 3.34. The minimum absolute atomic E-state index is 0.0892. The Morgan fingerprint density at radius 3 is 2.88 bits per heavy atom. The fraction of sp³-hybridized carbons (Fsp3) is 0.500. The highest BCUT2D eigenvalue weighted by Crippen LogP contribution is 2.43. The molecule has 17 heavy (non-hydrogen) atoms. The average Bonchev–Trinajstić information content (AvgIpc) is 2.82. The van der Waals surface area contributed by atoms with Gasteiger partial charge in [0.15, 0.2) is 10.8 Å². The van der Waals surface area contributed by atoms with E-state index in [-0.39, 0.29) is 23.9 Å². The van der Waals surface area contributed by atoms with Gasteiger partial charge in [0.05, 0.1) is 0 Å². The van der Waals surface area contributed by atoms with Crippen LogP contribution in [0.3, 0.4) is 0 Å². The summed E-state index contributed by atoms with van der Waals surface area (Å²) >= 11 is 5.86. The lowest BCUT2D eigenvalue weighted by atomic mass is 10.1. The molecular formula is C10H9ClF2N4. The van der Waals surface area contributed by atoms with Crippen molar-refractivity contribution in [2.45, 2.75) is 31.1 Å². The molecule has 0 radical (unpaired) electrons. The molecule has 0 aromatic carbocycles. The zero-order chi connectivity index (χ0) is 12.0. The van der Waals surface area contributed by atoms with E-state index in [1.807, 2.05) is 0 Å². The number of hydrogen-bond acceptors (Lipinski definition) is 3. The molecule has 1 unspecified atom stereocenters. The van der Waals surface area contributed by atoms with E-state index in [2.05, 4.69) is 19.9 Å². The minimum atomic E-state index is -2.58. The van der Waals surface area contributed by atoms with Crippen molar-refractivity contribution < 1.29 is 8.78 Å². The largest absolute Gasteiger partial charge is 0.338 e. The van der Waals surface area contributed by atoms with Gasteiger partial charge < -0.3 is 4.98 Å². The maximum Gasteiger partial charge on any atom is 0.248 e. The van der Waals surface area contributed by atoms with Crippen LogP contribution in [0.15, 0.2) is 6.33 Å². The number of imidazole rings is 1. The van der Waals surface area contributed by atoms with Crippen molar-refractivity contribution in [3.05, 3.63) is 17.3 Å². The molecule has 1 aliphatic carbocycles. The number of rotatable bonds is 1. The fourth-order valence-corrected chi connectivity index (χ4v) is 2.37. The van der Waals surface area contributed by atoms with Crippen molar-refractivity contribution in [3.8, 4) is 0 Å². The third kappa shape index (κ3) is 1.86. The molecule has 2 heterocycles. The van der Waals surface area contributed by atoms with Crippen molar-refractivity contribution in [1.82, 2.24) is 19.9 Å². The van der Waals surface area contributed by atoms with Gasteiger partial charge in [-0.2, -0.15) is 0 Å². The van der Waals surface area contributed by atoms with Crippen LogP contribution >= 0.6 is 11.6 Å². The summed E-state index contributed by atoms with van der Waals surface area (Å²) in [6.07, 6.45) is 1.47. The van der Waals surface area contributed by atoms with Gasteiger partial charge in [-0.25, -0.2) is 23.7 Å². The molecule has 1 N–H and O–H groups in total. The summed E-state index contributed by atoms with van der Waals surface area (Å²) in [5, 5.41) is 0.263. The summed E-state index contributed by atoms with van der Waals surface area (Å²) < 4.78 is 26.2. The van der Waals surface area contributed by atoms with E-state index in [0.29, 0.717) is 23.4 Å². The van der Waals surface area contributed by atoms with Crippen LogP contribution in [0.1, 0.15) is 31.0 Å². The second-order valence-electron chi connectivity index (χ2n) is 4.28. The van der Waals surface area contributed by atoms with Crippen LogP contribution in [0.2, 0.25) is 5.15 Å². The smallest absolute Gasteiger partial charge is 0.248 e.